The number of hydrogen-bond acceptors (Lipinski definition) is 0. The van der Waals surface area contributed by atoms with E-state index in [9.17, 15) is 8.78 Å². The van der Waals surface area contributed by atoms with Crippen LogP contribution in [0.1, 0.15) is 47.5 Å². The fourth-order valence-corrected chi connectivity index (χ4v) is 0.542. The summed E-state index contributed by atoms with van der Waals surface area (Å²) in [5, 5.41) is 0. The SMILES string of the molecule is CC.CC(C)(C)CCC(F)F. The van der Waals surface area contributed by atoms with Crippen LogP contribution in [0.2, 0.25) is 0 Å². The molecule has 0 heterocycles. The topological polar surface area (TPSA) is 0 Å². The highest BCUT2D eigenvalue weighted by atomic mass is 19.3. The second kappa shape index (κ2) is 6.56. The molecule has 0 aliphatic carbocycles. The highest BCUT2D eigenvalue weighted by molar-refractivity contribution is 4.61. The van der Waals surface area contributed by atoms with Gasteiger partial charge in [-0.05, 0) is 11.8 Å². The molecule has 0 aromatic heterocycles. The van der Waals surface area contributed by atoms with Crippen molar-refractivity contribution in [3.63, 3.8) is 0 Å². The lowest BCUT2D eigenvalue weighted by Gasteiger charge is -2.16. The Labute approximate surface area is 69.0 Å². The number of rotatable bonds is 2. The van der Waals surface area contributed by atoms with Crippen molar-refractivity contribution >= 4 is 0 Å². The van der Waals surface area contributed by atoms with Crippen LogP contribution in [0.5, 0.6) is 0 Å². The normalized spacial score (nSPS) is 10.9. The van der Waals surface area contributed by atoms with Crippen molar-refractivity contribution in [2.45, 2.75) is 53.9 Å². The van der Waals surface area contributed by atoms with E-state index >= 15 is 0 Å². The van der Waals surface area contributed by atoms with Gasteiger partial charge in [0.15, 0.2) is 0 Å². The Balaban J connectivity index is 0. The first-order valence-electron chi connectivity index (χ1n) is 4.20. The molecule has 0 aromatic carbocycles. The minimum Gasteiger partial charge on any atom is -0.211 e. The van der Waals surface area contributed by atoms with Gasteiger partial charge in [-0.2, -0.15) is 0 Å². The molecule has 2 heteroatoms. The number of alkyl halides is 2. The Morgan fingerprint density at radius 3 is 1.55 bits per heavy atom. The summed E-state index contributed by atoms with van der Waals surface area (Å²) < 4.78 is 23.1. The van der Waals surface area contributed by atoms with Gasteiger partial charge in [-0.3, -0.25) is 0 Å². The molecule has 0 rings (SSSR count). The zero-order valence-corrected chi connectivity index (χ0v) is 8.25. The third kappa shape index (κ3) is 17.7. The summed E-state index contributed by atoms with van der Waals surface area (Å²) in [5.74, 6) is 0. The lowest BCUT2D eigenvalue weighted by atomic mass is 9.91. The molecule has 0 amide bonds. The fraction of sp³-hybridized carbons (Fsp3) is 1.00. The molecular weight excluding hydrogens is 146 g/mol. The Kier molecular flexibility index (Phi) is 8.02. The molecule has 0 aliphatic rings. The molecule has 0 fully saturated rings. The van der Waals surface area contributed by atoms with Crippen LogP contribution in [0.3, 0.4) is 0 Å². The van der Waals surface area contributed by atoms with E-state index in [4.69, 9.17) is 0 Å². The molecule has 0 saturated heterocycles. The van der Waals surface area contributed by atoms with Gasteiger partial charge in [-0.15, -0.1) is 0 Å². The second-order valence-corrected chi connectivity index (χ2v) is 3.49. The van der Waals surface area contributed by atoms with Crippen LogP contribution in [0.25, 0.3) is 0 Å². The minimum absolute atomic E-state index is 0.0312. The highest BCUT2D eigenvalue weighted by Crippen LogP contribution is 2.22. The summed E-state index contributed by atoms with van der Waals surface area (Å²) in [6.07, 6.45) is -1.50. The van der Waals surface area contributed by atoms with E-state index in [0.29, 0.717) is 6.42 Å². The van der Waals surface area contributed by atoms with Crippen LogP contribution in [-0.4, -0.2) is 6.43 Å². The van der Waals surface area contributed by atoms with Crippen LogP contribution in [0, 0.1) is 5.41 Å². The maximum Gasteiger partial charge on any atom is 0.238 e. The number of halogens is 2. The first kappa shape index (κ1) is 13.4. The van der Waals surface area contributed by atoms with Crippen molar-refractivity contribution in [3.8, 4) is 0 Å². The Morgan fingerprint density at radius 2 is 1.45 bits per heavy atom. The Hall–Kier alpha value is -0.140. The predicted molar refractivity (Wildman–Crippen MR) is 46.0 cm³/mol. The van der Waals surface area contributed by atoms with Crippen molar-refractivity contribution in [2.75, 3.05) is 0 Å². The molecule has 11 heavy (non-hydrogen) atoms. The average molecular weight is 166 g/mol. The summed E-state index contributed by atoms with van der Waals surface area (Å²) in [6.45, 7) is 9.90. The molecular formula is C9H20F2. The monoisotopic (exact) mass is 166 g/mol. The maximum atomic E-state index is 11.6. The van der Waals surface area contributed by atoms with E-state index in [1.807, 2.05) is 34.6 Å². The lowest BCUT2D eigenvalue weighted by molar-refractivity contribution is 0.119. The first-order chi connectivity index (χ1) is 4.92. The van der Waals surface area contributed by atoms with Gasteiger partial charge >= 0.3 is 0 Å². The van der Waals surface area contributed by atoms with E-state index in [2.05, 4.69) is 0 Å². The molecule has 0 aliphatic heterocycles. The van der Waals surface area contributed by atoms with Crippen molar-refractivity contribution in [1.82, 2.24) is 0 Å². The predicted octanol–water partition coefficient (Wildman–Crippen LogP) is 4.10. The smallest absolute Gasteiger partial charge is 0.211 e. The third-order valence-electron chi connectivity index (χ3n) is 1.11. The van der Waals surface area contributed by atoms with E-state index in [0.717, 1.165) is 0 Å². The summed E-state index contributed by atoms with van der Waals surface area (Å²) >= 11 is 0. The highest BCUT2D eigenvalue weighted by Gasteiger charge is 2.12. The fourth-order valence-electron chi connectivity index (χ4n) is 0.542. The van der Waals surface area contributed by atoms with Crippen LogP contribution < -0.4 is 0 Å². The third-order valence-corrected chi connectivity index (χ3v) is 1.11. The van der Waals surface area contributed by atoms with Crippen molar-refractivity contribution in [3.05, 3.63) is 0 Å². The standard InChI is InChI=1S/C7H14F2.C2H6/c1-7(2,3)5-4-6(8)9;1-2/h6H,4-5H2,1-3H3;1-2H3. The molecule has 0 atom stereocenters. The summed E-state index contributed by atoms with van der Waals surface area (Å²) in [4.78, 5) is 0. The van der Waals surface area contributed by atoms with Crippen LogP contribution in [0.4, 0.5) is 8.78 Å². The van der Waals surface area contributed by atoms with Crippen molar-refractivity contribution < 1.29 is 8.78 Å². The average Bonchev–Trinajstić information content (AvgIpc) is 1.87. The van der Waals surface area contributed by atoms with E-state index < -0.39 is 6.43 Å². The Morgan fingerprint density at radius 1 is 1.09 bits per heavy atom. The van der Waals surface area contributed by atoms with Crippen LogP contribution in [0.15, 0.2) is 0 Å². The molecule has 0 spiro atoms. The Bertz CT molecular complexity index is 72.1. The first-order valence-corrected chi connectivity index (χ1v) is 4.20. The van der Waals surface area contributed by atoms with Gasteiger partial charge in [0.2, 0.25) is 6.43 Å². The van der Waals surface area contributed by atoms with E-state index in [1.165, 1.54) is 0 Å². The molecule has 0 N–H and O–H groups in total. The van der Waals surface area contributed by atoms with Gasteiger partial charge in [-0.1, -0.05) is 34.6 Å². The molecule has 0 aromatic rings. The van der Waals surface area contributed by atoms with E-state index in [-0.39, 0.29) is 11.8 Å². The van der Waals surface area contributed by atoms with Gasteiger partial charge < -0.3 is 0 Å². The summed E-state index contributed by atoms with van der Waals surface area (Å²) in [6, 6.07) is 0. The lowest BCUT2D eigenvalue weighted by Crippen LogP contribution is -2.06. The largest absolute Gasteiger partial charge is 0.238 e. The summed E-state index contributed by atoms with van der Waals surface area (Å²) in [5.41, 5.74) is 0.0520. The van der Waals surface area contributed by atoms with Gasteiger partial charge in [0.1, 0.15) is 0 Å². The molecule has 0 nitrogen and oxygen atoms in total. The van der Waals surface area contributed by atoms with Gasteiger partial charge in [0.25, 0.3) is 0 Å². The second-order valence-electron chi connectivity index (χ2n) is 3.49. The van der Waals surface area contributed by atoms with Crippen LogP contribution >= 0.6 is 0 Å². The quantitative estimate of drug-likeness (QED) is 0.579. The number of hydrogen-bond donors (Lipinski definition) is 0. The van der Waals surface area contributed by atoms with Crippen LogP contribution in [-0.2, 0) is 0 Å². The zero-order valence-electron chi connectivity index (χ0n) is 8.25. The molecule has 0 radical (unpaired) electrons. The molecule has 0 unspecified atom stereocenters. The van der Waals surface area contributed by atoms with Gasteiger partial charge in [0, 0.05) is 6.42 Å². The summed E-state index contributed by atoms with van der Waals surface area (Å²) in [7, 11) is 0. The molecule has 70 valence electrons. The molecule has 0 saturated carbocycles. The van der Waals surface area contributed by atoms with E-state index in [1.54, 1.807) is 0 Å². The molecule has 0 bridgehead atoms. The maximum absolute atomic E-state index is 11.6. The zero-order chi connectivity index (χ0) is 9.49. The van der Waals surface area contributed by atoms with Gasteiger partial charge in [0.05, 0.1) is 0 Å². The van der Waals surface area contributed by atoms with Crippen molar-refractivity contribution in [2.24, 2.45) is 5.41 Å². The minimum atomic E-state index is -2.13. The van der Waals surface area contributed by atoms with Gasteiger partial charge in [-0.25, -0.2) is 8.78 Å². The van der Waals surface area contributed by atoms with Crippen molar-refractivity contribution in [1.29, 1.82) is 0 Å².